The van der Waals surface area contributed by atoms with Crippen LogP contribution in [0.1, 0.15) is 18.1 Å². The van der Waals surface area contributed by atoms with E-state index in [1.807, 2.05) is 31.2 Å². The molecule has 0 unspecified atom stereocenters. The normalized spacial score (nSPS) is 14.7. The summed E-state index contributed by atoms with van der Waals surface area (Å²) >= 11 is 13.3. The van der Waals surface area contributed by atoms with Crippen molar-refractivity contribution in [2.24, 2.45) is 0 Å². The highest BCUT2D eigenvalue weighted by Crippen LogP contribution is 2.37. The van der Waals surface area contributed by atoms with Crippen molar-refractivity contribution >= 4 is 58.2 Å². The van der Waals surface area contributed by atoms with Crippen LogP contribution in [0.2, 0.25) is 10.0 Å². The van der Waals surface area contributed by atoms with Crippen molar-refractivity contribution in [2.45, 2.75) is 13.8 Å². The van der Waals surface area contributed by atoms with Gasteiger partial charge in [0.1, 0.15) is 12.4 Å². The molecule has 1 saturated heterocycles. The molecule has 0 spiro atoms. The van der Waals surface area contributed by atoms with Gasteiger partial charge in [0.15, 0.2) is 12.4 Å². The van der Waals surface area contributed by atoms with Crippen LogP contribution >= 0.6 is 35.0 Å². The van der Waals surface area contributed by atoms with Gasteiger partial charge in [-0.2, -0.15) is 0 Å². The fourth-order valence-electron chi connectivity index (χ4n) is 2.94. The zero-order valence-corrected chi connectivity index (χ0v) is 20.3. The smallest absolute Gasteiger partial charge is 0.344 e. The number of benzene rings is 2. The number of carbonyl (C=O) groups is 3. The van der Waals surface area contributed by atoms with E-state index < -0.39 is 11.9 Å². The van der Waals surface area contributed by atoms with E-state index >= 15 is 0 Å². The molecule has 0 N–H and O–H groups in total. The van der Waals surface area contributed by atoms with Crippen LogP contribution < -0.4 is 9.47 Å². The number of amides is 2. The van der Waals surface area contributed by atoms with Gasteiger partial charge in [0, 0.05) is 0 Å². The number of carbonyl (C=O) groups excluding carboxylic acids is 3. The molecule has 0 atom stereocenters. The highest BCUT2D eigenvalue weighted by atomic mass is 35.5. The van der Waals surface area contributed by atoms with Gasteiger partial charge in [-0.15, -0.1) is 0 Å². The Morgan fingerprint density at radius 2 is 1.85 bits per heavy atom. The van der Waals surface area contributed by atoms with Crippen molar-refractivity contribution in [1.82, 2.24) is 4.90 Å². The van der Waals surface area contributed by atoms with Gasteiger partial charge in [-0.25, -0.2) is 4.79 Å². The van der Waals surface area contributed by atoms with E-state index in [1.54, 1.807) is 6.92 Å². The van der Waals surface area contributed by atoms with Gasteiger partial charge in [0.05, 0.1) is 28.1 Å². The lowest BCUT2D eigenvalue weighted by Gasteiger charge is -2.13. The van der Waals surface area contributed by atoms with Crippen molar-refractivity contribution in [1.29, 1.82) is 0 Å². The maximum atomic E-state index is 12.7. The monoisotopic (exact) mass is 509 g/mol. The molecule has 1 fully saturated rings. The molecule has 0 radical (unpaired) electrons. The summed E-state index contributed by atoms with van der Waals surface area (Å²) in [5, 5.41) is -0.0710. The summed E-state index contributed by atoms with van der Waals surface area (Å²) in [7, 11) is 0. The zero-order valence-electron chi connectivity index (χ0n) is 17.9. The molecule has 2 aromatic carbocycles. The van der Waals surface area contributed by atoms with E-state index in [-0.39, 0.29) is 52.3 Å². The van der Waals surface area contributed by atoms with Crippen molar-refractivity contribution in [3.8, 4) is 11.5 Å². The molecule has 0 saturated carbocycles. The molecule has 174 valence electrons. The minimum Gasteiger partial charge on any atom is -0.492 e. The number of thioether (sulfide) groups is 1. The summed E-state index contributed by atoms with van der Waals surface area (Å²) in [5.41, 5.74) is 1.56. The highest BCUT2D eigenvalue weighted by Gasteiger charge is 2.34. The Hall–Kier alpha value is -2.68. The van der Waals surface area contributed by atoms with Gasteiger partial charge in [0.2, 0.25) is 0 Å². The molecule has 33 heavy (non-hydrogen) atoms. The number of aryl methyl sites for hydroxylation is 1. The number of rotatable bonds is 9. The number of hydrogen-bond acceptors (Lipinski definition) is 7. The second-order valence-electron chi connectivity index (χ2n) is 6.91. The molecule has 1 aliphatic rings. The van der Waals surface area contributed by atoms with E-state index in [2.05, 4.69) is 0 Å². The second kappa shape index (κ2) is 11.4. The van der Waals surface area contributed by atoms with Crippen LogP contribution in [-0.2, 0) is 14.3 Å². The topological polar surface area (TPSA) is 82.1 Å². The number of hydrogen-bond donors (Lipinski definition) is 0. The van der Waals surface area contributed by atoms with Gasteiger partial charge in [-0.1, -0.05) is 35.3 Å². The lowest BCUT2D eigenvalue weighted by atomic mass is 10.2. The molecular weight excluding hydrogens is 489 g/mol. The van der Waals surface area contributed by atoms with E-state index in [9.17, 15) is 14.4 Å². The van der Waals surface area contributed by atoms with Gasteiger partial charge in [-0.3, -0.25) is 14.5 Å². The van der Waals surface area contributed by atoms with Crippen molar-refractivity contribution < 1.29 is 28.6 Å². The lowest BCUT2D eigenvalue weighted by molar-refractivity contribution is -0.145. The number of ether oxygens (including phenoxy) is 3. The maximum Gasteiger partial charge on any atom is 0.344 e. The van der Waals surface area contributed by atoms with Gasteiger partial charge < -0.3 is 14.2 Å². The van der Waals surface area contributed by atoms with Gasteiger partial charge in [-0.05, 0) is 67.1 Å². The number of halogens is 2. The molecule has 3 rings (SSSR count). The van der Waals surface area contributed by atoms with Gasteiger partial charge in [0.25, 0.3) is 11.1 Å². The van der Waals surface area contributed by atoms with E-state index in [0.717, 1.165) is 22.2 Å². The predicted octanol–water partition coefficient (Wildman–Crippen LogP) is 5.36. The van der Waals surface area contributed by atoms with Crippen molar-refractivity contribution in [3.05, 3.63) is 62.5 Å². The molecule has 1 heterocycles. The van der Waals surface area contributed by atoms with Gasteiger partial charge >= 0.3 is 5.97 Å². The number of nitrogens with zero attached hydrogens (tertiary/aromatic N) is 1. The third-order valence-corrected chi connectivity index (χ3v) is 5.87. The molecule has 10 heteroatoms. The van der Waals surface area contributed by atoms with Crippen LogP contribution in [0, 0.1) is 6.92 Å². The second-order valence-corrected chi connectivity index (χ2v) is 8.71. The summed E-state index contributed by atoms with van der Waals surface area (Å²) in [4.78, 5) is 37.9. The standard InChI is InChI=1S/C23H21Cl2NO6S/c1-3-30-20(27)13-32-21-17(24)10-15(11-18(21)25)12-19-22(28)26(23(29)33-19)7-8-31-16-6-4-5-14(2)9-16/h4-6,9-12H,3,7-8,13H2,1-2H3/b19-12-. The summed E-state index contributed by atoms with van der Waals surface area (Å²) in [5.74, 6) is -0.168. The molecule has 0 aliphatic carbocycles. The lowest BCUT2D eigenvalue weighted by Crippen LogP contribution is -2.32. The summed E-state index contributed by atoms with van der Waals surface area (Å²) < 4.78 is 15.8. The minimum atomic E-state index is -0.547. The highest BCUT2D eigenvalue weighted by molar-refractivity contribution is 8.18. The quantitative estimate of drug-likeness (QED) is 0.332. The first-order valence-electron chi connectivity index (χ1n) is 10.0. The fourth-order valence-corrected chi connectivity index (χ4v) is 4.42. The SMILES string of the molecule is CCOC(=O)COc1c(Cl)cc(/C=C2\SC(=O)N(CCOc3cccc(C)c3)C2=O)cc1Cl. The third kappa shape index (κ3) is 6.66. The van der Waals surface area contributed by atoms with Crippen LogP contribution in [0.3, 0.4) is 0 Å². The average molecular weight is 510 g/mol. The molecular formula is C23H21Cl2NO6S. The van der Waals surface area contributed by atoms with Crippen LogP contribution in [0.5, 0.6) is 11.5 Å². The van der Waals surface area contributed by atoms with Crippen LogP contribution in [0.4, 0.5) is 4.79 Å². The van der Waals surface area contributed by atoms with Crippen LogP contribution in [-0.4, -0.2) is 48.4 Å². The minimum absolute atomic E-state index is 0.123. The Labute approximate surface area is 205 Å². The predicted molar refractivity (Wildman–Crippen MR) is 128 cm³/mol. The molecule has 2 aromatic rings. The Morgan fingerprint density at radius 3 is 2.52 bits per heavy atom. The van der Waals surface area contributed by atoms with E-state index in [4.69, 9.17) is 37.4 Å². The fraction of sp³-hybridized carbons (Fsp3) is 0.261. The first-order valence-corrected chi connectivity index (χ1v) is 11.6. The van der Waals surface area contributed by atoms with E-state index in [1.165, 1.54) is 18.2 Å². The Balaban J connectivity index is 1.65. The Kier molecular flexibility index (Phi) is 8.66. The van der Waals surface area contributed by atoms with Crippen LogP contribution in [0.25, 0.3) is 6.08 Å². The first kappa shape index (κ1) is 25.0. The molecule has 7 nitrogen and oxygen atoms in total. The number of imide groups is 1. The summed E-state index contributed by atoms with van der Waals surface area (Å²) in [6.07, 6.45) is 1.53. The Bertz CT molecular complexity index is 1080. The largest absolute Gasteiger partial charge is 0.492 e. The first-order chi connectivity index (χ1) is 15.8. The third-order valence-electron chi connectivity index (χ3n) is 4.40. The Morgan fingerprint density at radius 1 is 1.12 bits per heavy atom. The van der Waals surface area contributed by atoms with Crippen molar-refractivity contribution in [2.75, 3.05) is 26.4 Å². The molecule has 0 bridgehead atoms. The van der Waals surface area contributed by atoms with Crippen LogP contribution in [0.15, 0.2) is 41.3 Å². The number of esters is 1. The van der Waals surface area contributed by atoms with Crippen molar-refractivity contribution in [3.63, 3.8) is 0 Å². The zero-order chi connectivity index (χ0) is 24.0. The maximum absolute atomic E-state index is 12.7. The molecule has 0 aromatic heterocycles. The molecule has 2 amide bonds. The summed E-state index contributed by atoms with van der Waals surface area (Å²) in [6.45, 7) is 3.83. The molecule has 1 aliphatic heterocycles. The summed E-state index contributed by atoms with van der Waals surface area (Å²) in [6, 6.07) is 10.6. The van der Waals surface area contributed by atoms with E-state index in [0.29, 0.717) is 11.3 Å². The average Bonchev–Trinajstić information content (AvgIpc) is 3.00.